The van der Waals surface area contributed by atoms with Crippen molar-refractivity contribution in [3.63, 3.8) is 0 Å². The average Bonchev–Trinajstić information content (AvgIpc) is 2.94. The van der Waals surface area contributed by atoms with Crippen LogP contribution in [0, 0.1) is 5.41 Å². The molecule has 0 saturated carbocycles. The molecule has 1 aromatic carbocycles. The maximum Gasteiger partial charge on any atom is 0.274 e. The Labute approximate surface area is 145 Å². The summed E-state index contributed by atoms with van der Waals surface area (Å²) in [6, 6.07) is 9.41. The second-order valence-corrected chi connectivity index (χ2v) is 7.35. The molecular weight excluding hydrogens is 316 g/mol. The number of fused-ring (bicyclic) bond motifs is 1. The first-order chi connectivity index (χ1) is 11.9. The number of aromatic nitrogens is 3. The van der Waals surface area contributed by atoms with Crippen LogP contribution in [-0.4, -0.2) is 20.9 Å². The van der Waals surface area contributed by atoms with Crippen LogP contribution in [0.2, 0.25) is 0 Å². The van der Waals surface area contributed by atoms with E-state index in [0.29, 0.717) is 18.8 Å². The van der Waals surface area contributed by atoms with Gasteiger partial charge in [0.25, 0.3) is 5.56 Å². The number of imidazole rings is 1. The van der Waals surface area contributed by atoms with Gasteiger partial charge >= 0.3 is 0 Å². The molecule has 0 aliphatic heterocycles. The lowest BCUT2D eigenvalue weighted by atomic mass is 9.88. The molecule has 0 unspecified atom stereocenters. The Kier molecular flexibility index (Phi) is 4.44. The molecular formula is C19H22N4O2. The van der Waals surface area contributed by atoms with Crippen molar-refractivity contribution in [2.45, 2.75) is 33.7 Å². The maximum absolute atomic E-state index is 12.3. The number of carbonyl (C=O) groups is 1. The van der Waals surface area contributed by atoms with Gasteiger partial charge < -0.3 is 14.9 Å². The molecule has 2 aromatic heterocycles. The number of rotatable bonds is 5. The van der Waals surface area contributed by atoms with Gasteiger partial charge in [0.05, 0.1) is 17.6 Å². The van der Waals surface area contributed by atoms with E-state index < -0.39 is 0 Å². The van der Waals surface area contributed by atoms with Crippen LogP contribution in [0.25, 0.3) is 11.0 Å². The van der Waals surface area contributed by atoms with E-state index >= 15 is 0 Å². The summed E-state index contributed by atoms with van der Waals surface area (Å²) in [5.41, 5.74) is 3.26. The predicted molar refractivity (Wildman–Crippen MR) is 98.7 cm³/mol. The number of anilines is 1. The summed E-state index contributed by atoms with van der Waals surface area (Å²) in [7, 11) is 0. The molecule has 0 atom stereocenters. The maximum atomic E-state index is 12.3. The minimum atomic E-state index is -0.259. The summed E-state index contributed by atoms with van der Waals surface area (Å²) in [5.74, 6) is 0.710. The SMILES string of the molecule is CC(C)(C)Cc1cccc2[nH]c(Cn3cccc(NC=O)c3=O)nc12. The van der Waals surface area contributed by atoms with E-state index in [-0.39, 0.29) is 16.7 Å². The summed E-state index contributed by atoms with van der Waals surface area (Å²) >= 11 is 0. The first-order valence-electron chi connectivity index (χ1n) is 8.23. The number of aromatic amines is 1. The summed E-state index contributed by atoms with van der Waals surface area (Å²) in [6.45, 7) is 6.91. The molecule has 3 rings (SSSR count). The zero-order chi connectivity index (χ0) is 18.0. The molecule has 25 heavy (non-hydrogen) atoms. The topological polar surface area (TPSA) is 79.8 Å². The zero-order valence-corrected chi connectivity index (χ0v) is 14.7. The Bertz CT molecular complexity index is 963. The van der Waals surface area contributed by atoms with Crippen LogP contribution in [-0.2, 0) is 17.8 Å². The Morgan fingerprint density at radius 3 is 2.76 bits per heavy atom. The molecule has 3 aromatic rings. The lowest BCUT2D eigenvalue weighted by Gasteiger charge is -2.18. The van der Waals surface area contributed by atoms with Crippen molar-refractivity contribution in [3.05, 3.63) is 58.3 Å². The highest BCUT2D eigenvalue weighted by atomic mass is 16.1. The summed E-state index contributed by atoms with van der Waals surface area (Å²) in [5, 5.41) is 2.42. The number of carbonyl (C=O) groups excluding carboxylic acids is 1. The highest BCUT2D eigenvalue weighted by molar-refractivity contribution is 5.79. The first kappa shape index (κ1) is 17.0. The Hall–Kier alpha value is -2.89. The number of nitrogens with one attached hydrogen (secondary N) is 2. The molecule has 2 N–H and O–H groups in total. The highest BCUT2D eigenvalue weighted by Gasteiger charge is 2.15. The fraction of sp³-hybridized carbons (Fsp3) is 0.316. The molecule has 0 saturated heterocycles. The van der Waals surface area contributed by atoms with Gasteiger partial charge in [0.2, 0.25) is 6.41 Å². The van der Waals surface area contributed by atoms with E-state index in [0.717, 1.165) is 17.5 Å². The summed E-state index contributed by atoms with van der Waals surface area (Å²) in [6.07, 6.45) is 3.11. The van der Waals surface area contributed by atoms with E-state index in [1.165, 1.54) is 10.1 Å². The monoisotopic (exact) mass is 338 g/mol. The van der Waals surface area contributed by atoms with Gasteiger partial charge in [-0.05, 0) is 35.6 Å². The molecule has 1 amide bonds. The normalized spacial score (nSPS) is 11.6. The third kappa shape index (κ3) is 3.79. The van der Waals surface area contributed by atoms with Crippen molar-refractivity contribution in [2.75, 3.05) is 5.32 Å². The smallest absolute Gasteiger partial charge is 0.274 e. The number of hydrogen-bond donors (Lipinski definition) is 2. The van der Waals surface area contributed by atoms with Crippen LogP contribution >= 0.6 is 0 Å². The number of hydrogen-bond acceptors (Lipinski definition) is 3. The van der Waals surface area contributed by atoms with Gasteiger partial charge in [-0.2, -0.15) is 0 Å². The van der Waals surface area contributed by atoms with Gasteiger partial charge in [-0.25, -0.2) is 4.98 Å². The van der Waals surface area contributed by atoms with Crippen LogP contribution < -0.4 is 10.9 Å². The molecule has 2 heterocycles. The van der Waals surface area contributed by atoms with E-state index in [9.17, 15) is 9.59 Å². The van der Waals surface area contributed by atoms with Gasteiger partial charge in [-0.1, -0.05) is 32.9 Å². The molecule has 0 bridgehead atoms. The minimum Gasteiger partial charge on any atom is -0.340 e. The quantitative estimate of drug-likeness (QED) is 0.702. The fourth-order valence-corrected chi connectivity index (χ4v) is 2.93. The van der Waals surface area contributed by atoms with E-state index in [4.69, 9.17) is 4.98 Å². The molecule has 130 valence electrons. The number of amides is 1. The van der Waals surface area contributed by atoms with Gasteiger partial charge in [0, 0.05) is 6.20 Å². The summed E-state index contributed by atoms with van der Waals surface area (Å²) < 4.78 is 1.52. The van der Waals surface area contributed by atoms with Crippen molar-refractivity contribution < 1.29 is 4.79 Å². The van der Waals surface area contributed by atoms with Gasteiger partial charge in [-0.15, -0.1) is 0 Å². The van der Waals surface area contributed by atoms with Gasteiger partial charge in [0.15, 0.2) is 0 Å². The lowest BCUT2D eigenvalue weighted by Crippen LogP contribution is -2.23. The molecule has 0 fully saturated rings. The Morgan fingerprint density at radius 1 is 1.24 bits per heavy atom. The van der Waals surface area contributed by atoms with Crippen molar-refractivity contribution >= 4 is 23.1 Å². The average molecular weight is 338 g/mol. The number of pyridine rings is 1. The van der Waals surface area contributed by atoms with Crippen LogP contribution in [0.15, 0.2) is 41.3 Å². The summed E-state index contributed by atoms with van der Waals surface area (Å²) in [4.78, 5) is 30.9. The number of para-hydroxylation sites is 1. The van der Waals surface area contributed by atoms with Crippen LogP contribution in [0.3, 0.4) is 0 Å². The van der Waals surface area contributed by atoms with Crippen molar-refractivity contribution in [3.8, 4) is 0 Å². The predicted octanol–water partition coefficient (Wildman–Crippen LogP) is 2.93. The molecule has 0 spiro atoms. The van der Waals surface area contributed by atoms with Gasteiger partial charge in [0.1, 0.15) is 11.5 Å². The third-order valence-corrected chi connectivity index (χ3v) is 3.92. The van der Waals surface area contributed by atoms with E-state index in [1.54, 1.807) is 18.3 Å². The minimum absolute atomic E-state index is 0.166. The van der Waals surface area contributed by atoms with Crippen molar-refractivity contribution in [1.29, 1.82) is 0 Å². The van der Waals surface area contributed by atoms with E-state index in [1.807, 2.05) is 12.1 Å². The fourth-order valence-electron chi connectivity index (χ4n) is 2.93. The second-order valence-electron chi connectivity index (χ2n) is 7.35. The van der Waals surface area contributed by atoms with Crippen LogP contribution in [0.5, 0.6) is 0 Å². The molecule has 0 aliphatic carbocycles. The number of nitrogens with zero attached hydrogens (tertiary/aromatic N) is 2. The second kappa shape index (κ2) is 6.55. The largest absolute Gasteiger partial charge is 0.340 e. The lowest BCUT2D eigenvalue weighted by molar-refractivity contribution is -0.105. The standard InChI is InChI=1S/C19H22N4O2/c1-19(2,3)10-13-6-4-7-14-17(13)22-16(21-14)11-23-9-5-8-15(18(23)25)20-12-24/h4-9,12H,10-11H2,1-3H3,(H,20,24)(H,21,22). The Balaban J connectivity index is 1.96. The van der Waals surface area contributed by atoms with Gasteiger partial charge in [-0.3, -0.25) is 9.59 Å². The van der Waals surface area contributed by atoms with Crippen molar-refractivity contribution in [2.24, 2.45) is 5.41 Å². The number of benzene rings is 1. The van der Waals surface area contributed by atoms with E-state index in [2.05, 4.69) is 37.1 Å². The Morgan fingerprint density at radius 2 is 2.04 bits per heavy atom. The highest BCUT2D eigenvalue weighted by Crippen LogP contribution is 2.25. The molecule has 6 heteroatoms. The molecule has 0 aliphatic rings. The third-order valence-electron chi connectivity index (χ3n) is 3.92. The zero-order valence-electron chi connectivity index (χ0n) is 14.7. The molecule has 6 nitrogen and oxygen atoms in total. The molecule has 0 radical (unpaired) electrons. The van der Waals surface area contributed by atoms with Crippen LogP contribution in [0.1, 0.15) is 32.2 Å². The first-order valence-corrected chi connectivity index (χ1v) is 8.23. The van der Waals surface area contributed by atoms with Crippen LogP contribution in [0.4, 0.5) is 5.69 Å². The van der Waals surface area contributed by atoms with Crippen molar-refractivity contribution in [1.82, 2.24) is 14.5 Å². The number of H-pyrrole nitrogens is 1.